The molecule has 0 saturated carbocycles. The van der Waals surface area contributed by atoms with Crippen molar-refractivity contribution in [2.24, 2.45) is 0 Å². The lowest BCUT2D eigenvalue weighted by molar-refractivity contribution is -0.142. The highest BCUT2D eigenvalue weighted by Crippen LogP contribution is 2.21. The number of ether oxygens (including phenoxy) is 2. The summed E-state index contributed by atoms with van der Waals surface area (Å²) in [5.74, 6) is 0.471. The van der Waals surface area contributed by atoms with Gasteiger partial charge >= 0.3 is 12.1 Å². The molecule has 0 aromatic rings. The minimum atomic E-state index is -0.513. The number of thioether (sulfide) groups is 1. The summed E-state index contributed by atoms with van der Waals surface area (Å²) >= 11 is 1.53. The molecule has 0 radical (unpaired) electrons. The molecule has 0 aromatic carbocycles. The molecule has 1 atom stereocenters. The average molecular weight is 275 g/mol. The van der Waals surface area contributed by atoms with Gasteiger partial charge in [-0.25, -0.2) is 4.79 Å². The number of carbonyl (C=O) groups excluding carboxylic acids is 2. The Hall–Kier alpha value is -0.910. The molecule has 0 N–H and O–H groups in total. The number of carbonyl (C=O) groups is 2. The van der Waals surface area contributed by atoms with Crippen LogP contribution in [0.1, 0.15) is 27.7 Å². The lowest BCUT2D eigenvalue weighted by Crippen LogP contribution is -2.46. The summed E-state index contributed by atoms with van der Waals surface area (Å²) < 4.78 is 10.3. The standard InChI is InChI=1S/C12H21NO4S/c1-5-16-10(14)9-8-13(6-7-18-9)11(15)17-12(2,3)4/h9H,5-8H2,1-4H3. The van der Waals surface area contributed by atoms with Crippen molar-refractivity contribution in [1.82, 2.24) is 4.90 Å². The minimum Gasteiger partial charge on any atom is -0.465 e. The first-order valence-corrected chi connectivity index (χ1v) is 7.14. The molecule has 5 nitrogen and oxygen atoms in total. The molecule has 1 unspecified atom stereocenters. The summed E-state index contributed by atoms with van der Waals surface area (Å²) in [6.07, 6.45) is -0.364. The molecule has 1 saturated heterocycles. The maximum absolute atomic E-state index is 11.9. The predicted molar refractivity (Wildman–Crippen MR) is 70.7 cm³/mol. The molecule has 1 amide bonds. The molecule has 0 spiro atoms. The molecule has 1 aliphatic heterocycles. The van der Waals surface area contributed by atoms with Crippen LogP contribution in [-0.2, 0) is 14.3 Å². The van der Waals surface area contributed by atoms with E-state index in [1.54, 1.807) is 11.8 Å². The summed E-state index contributed by atoms with van der Waals surface area (Å²) in [6.45, 7) is 8.58. The quantitative estimate of drug-likeness (QED) is 0.720. The first-order chi connectivity index (χ1) is 8.33. The SMILES string of the molecule is CCOC(=O)C1CN(C(=O)OC(C)(C)C)CCS1. The van der Waals surface area contributed by atoms with E-state index in [-0.39, 0.29) is 17.3 Å². The second-order valence-electron chi connectivity index (χ2n) is 5.04. The summed E-state index contributed by atoms with van der Waals surface area (Å²) in [7, 11) is 0. The fraction of sp³-hybridized carbons (Fsp3) is 0.833. The van der Waals surface area contributed by atoms with Crippen LogP contribution in [0, 0.1) is 0 Å². The van der Waals surface area contributed by atoms with Crippen LogP contribution < -0.4 is 0 Å². The van der Waals surface area contributed by atoms with Crippen molar-refractivity contribution in [3.05, 3.63) is 0 Å². The first-order valence-electron chi connectivity index (χ1n) is 6.09. The Morgan fingerprint density at radius 3 is 2.61 bits per heavy atom. The van der Waals surface area contributed by atoms with E-state index in [2.05, 4.69) is 0 Å². The van der Waals surface area contributed by atoms with E-state index in [1.165, 1.54) is 11.8 Å². The molecule has 18 heavy (non-hydrogen) atoms. The lowest BCUT2D eigenvalue weighted by Gasteiger charge is -2.32. The smallest absolute Gasteiger partial charge is 0.410 e. The fourth-order valence-corrected chi connectivity index (χ4v) is 2.62. The minimum absolute atomic E-state index is 0.254. The summed E-state index contributed by atoms with van der Waals surface area (Å²) in [5.41, 5.74) is -0.513. The van der Waals surface area contributed by atoms with E-state index in [4.69, 9.17) is 9.47 Å². The van der Waals surface area contributed by atoms with Crippen molar-refractivity contribution in [2.45, 2.75) is 38.5 Å². The molecule has 1 aliphatic rings. The van der Waals surface area contributed by atoms with Gasteiger partial charge < -0.3 is 14.4 Å². The average Bonchev–Trinajstić information content (AvgIpc) is 2.27. The van der Waals surface area contributed by atoms with Crippen LogP contribution in [0.25, 0.3) is 0 Å². The molecule has 104 valence electrons. The zero-order valence-corrected chi connectivity index (χ0v) is 12.2. The second-order valence-corrected chi connectivity index (χ2v) is 6.35. The number of esters is 1. The van der Waals surface area contributed by atoms with Gasteiger partial charge in [0.05, 0.1) is 6.61 Å². The van der Waals surface area contributed by atoms with Crippen LogP contribution >= 0.6 is 11.8 Å². The maximum Gasteiger partial charge on any atom is 0.410 e. The molecule has 0 aliphatic carbocycles. The Kier molecular flexibility index (Phi) is 5.31. The van der Waals surface area contributed by atoms with E-state index in [1.807, 2.05) is 20.8 Å². The monoisotopic (exact) mass is 275 g/mol. The van der Waals surface area contributed by atoms with Crippen molar-refractivity contribution in [2.75, 3.05) is 25.4 Å². The molecule has 1 rings (SSSR count). The van der Waals surface area contributed by atoms with E-state index >= 15 is 0 Å². The Labute approximate surface area is 112 Å². The van der Waals surface area contributed by atoms with Crippen LogP contribution in [0.4, 0.5) is 4.79 Å². The van der Waals surface area contributed by atoms with Gasteiger partial charge in [0.15, 0.2) is 0 Å². The molecular formula is C12H21NO4S. The summed E-state index contributed by atoms with van der Waals surface area (Å²) in [6, 6.07) is 0. The van der Waals surface area contributed by atoms with Gasteiger partial charge in [0.1, 0.15) is 10.9 Å². The Bertz CT molecular complexity index is 314. The van der Waals surface area contributed by atoms with Gasteiger partial charge in [-0.1, -0.05) is 0 Å². The highest BCUT2D eigenvalue weighted by atomic mass is 32.2. The van der Waals surface area contributed by atoms with E-state index in [0.717, 1.165) is 5.75 Å². The predicted octanol–water partition coefficient (Wildman–Crippen LogP) is 1.90. The highest BCUT2D eigenvalue weighted by Gasteiger charge is 2.32. The fourth-order valence-electron chi connectivity index (χ4n) is 1.52. The summed E-state index contributed by atoms with van der Waals surface area (Å²) in [4.78, 5) is 25.1. The van der Waals surface area contributed by atoms with Gasteiger partial charge in [0.2, 0.25) is 0 Å². The van der Waals surface area contributed by atoms with Crippen LogP contribution in [0.3, 0.4) is 0 Å². The number of nitrogens with zero attached hydrogens (tertiary/aromatic N) is 1. The number of hydrogen-bond acceptors (Lipinski definition) is 5. The lowest BCUT2D eigenvalue weighted by atomic mass is 10.2. The van der Waals surface area contributed by atoms with Crippen molar-refractivity contribution < 1.29 is 19.1 Å². The van der Waals surface area contributed by atoms with Crippen molar-refractivity contribution in [1.29, 1.82) is 0 Å². The third kappa shape index (κ3) is 4.76. The number of hydrogen-bond donors (Lipinski definition) is 0. The third-order valence-electron chi connectivity index (χ3n) is 2.27. The van der Waals surface area contributed by atoms with Gasteiger partial charge in [-0.3, -0.25) is 4.79 Å². The van der Waals surface area contributed by atoms with Gasteiger partial charge in [0, 0.05) is 18.8 Å². The van der Waals surface area contributed by atoms with E-state index in [9.17, 15) is 9.59 Å². The van der Waals surface area contributed by atoms with E-state index in [0.29, 0.717) is 19.7 Å². The molecule has 0 bridgehead atoms. The van der Waals surface area contributed by atoms with Gasteiger partial charge in [-0.05, 0) is 27.7 Å². The van der Waals surface area contributed by atoms with Crippen LogP contribution in [0.15, 0.2) is 0 Å². The Morgan fingerprint density at radius 2 is 2.06 bits per heavy atom. The Balaban J connectivity index is 2.53. The zero-order valence-electron chi connectivity index (χ0n) is 11.4. The van der Waals surface area contributed by atoms with Gasteiger partial charge in [-0.15, -0.1) is 11.8 Å². The molecule has 6 heteroatoms. The highest BCUT2D eigenvalue weighted by molar-refractivity contribution is 8.00. The maximum atomic E-state index is 11.9. The normalized spacial score (nSPS) is 20.4. The summed E-state index contributed by atoms with van der Waals surface area (Å²) in [5, 5.41) is -0.300. The van der Waals surface area contributed by atoms with Crippen molar-refractivity contribution in [3.8, 4) is 0 Å². The molecule has 1 heterocycles. The van der Waals surface area contributed by atoms with Gasteiger partial charge in [0.25, 0.3) is 0 Å². The van der Waals surface area contributed by atoms with Gasteiger partial charge in [-0.2, -0.15) is 0 Å². The largest absolute Gasteiger partial charge is 0.465 e. The van der Waals surface area contributed by atoms with Crippen molar-refractivity contribution in [3.63, 3.8) is 0 Å². The van der Waals surface area contributed by atoms with Crippen LogP contribution in [0.5, 0.6) is 0 Å². The molecule has 0 aromatic heterocycles. The molecular weight excluding hydrogens is 254 g/mol. The Morgan fingerprint density at radius 1 is 1.39 bits per heavy atom. The number of amides is 1. The van der Waals surface area contributed by atoms with E-state index < -0.39 is 5.60 Å². The second kappa shape index (κ2) is 6.31. The topological polar surface area (TPSA) is 55.8 Å². The third-order valence-corrected chi connectivity index (χ3v) is 3.43. The van der Waals surface area contributed by atoms with Crippen molar-refractivity contribution >= 4 is 23.8 Å². The molecule has 1 fully saturated rings. The first kappa shape index (κ1) is 15.1. The van der Waals surface area contributed by atoms with Crippen LogP contribution in [0.2, 0.25) is 0 Å². The van der Waals surface area contributed by atoms with Crippen LogP contribution in [-0.4, -0.2) is 53.3 Å². The number of rotatable bonds is 2. The zero-order chi connectivity index (χ0) is 13.8.